The fourth-order valence-electron chi connectivity index (χ4n) is 2.75. The topological polar surface area (TPSA) is 61.6 Å². The molecule has 6 heteroatoms. The van der Waals surface area contributed by atoms with E-state index in [-0.39, 0.29) is 17.4 Å². The summed E-state index contributed by atoms with van der Waals surface area (Å²) in [6.45, 7) is 8.09. The van der Waals surface area contributed by atoms with Crippen LogP contribution in [0.5, 0.6) is 5.75 Å². The predicted octanol–water partition coefficient (Wildman–Crippen LogP) is 4.21. The lowest BCUT2D eigenvalue weighted by atomic mass is 9.97. The number of nitro groups is 1. The van der Waals surface area contributed by atoms with E-state index in [1.807, 2.05) is 27.7 Å². The Bertz CT molecular complexity index is 557. The van der Waals surface area contributed by atoms with Crippen molar-refractivity contribution >= 4 is 21.6 Å². The van der Waals surface area contributed by atoms with E-state index in [4.69, 9.17) is 9.47 Å². The van der Waals surface area contributed by atoms with E-state index < -0.39 is 10.5 Å². The van der Waals surface area contributed by atoms with Crippen LogP contribution in [0.4, 0.5) is 5.69 Å². The van der Waals surface area contributed by atoms with Crippen LogP contribution in [0.3, 0.4) is 0 Å². The number of hydrogen-bond acceptors (Lipinski definition) is 4. The van der Waals surface area contributed by atoms with E-state index in [1.165, 1.54) is 12.1 Å². The smallest absolute Gasteiger partial charge is 0.270 e. The van der Waals surface area contributed by atoms with Gasteiger partial charge in [-0.05, 0) is 33.8 Å². The molecule has 0 aliphatic carbocycles. The number of alkyl halides is 1. The number of halogens is 1. The fraction of sp³-hybridized carbons (Fsp3) is 0.600. The first-order valence-electron chi connectivity index (χ1n) is 6.85. The number of non-ortho nitro benzene ring substituents is 1. The minimum absolute atomic E-state index is 0.0686. The third-order valence-electron chi connectivity index (χ3n) is 3.66. The average Bonchev–Trinajstić information content (AvgIpc) is 2.57. The number of rotatable bonds is 4. The third-order valence-corrected chi connectivity index (χ3v) is 4.26. The largest absolute Gasteiger partial charge is 0.487 e. The van der Waals surface area contributed by atoms with Gasteiger partial charge in [0.25, 0.3) is 5.69 Å². The molecule has 1 aliphatic rings. The van der Waals surface area contributed by atoms with Gasteiger partial charge in [-0.15, -0.1) is 0 Å². The van der Waals surface area contributed by atoms with Crippen molar-refractivity contribution < 1.29 is 14.4 Å². The summed E-state index contributed by atoms with van der Waals surface area (Å²) in [5, 5.41) is 11.3. The SMILES string of the molecule is CC1(C)CC(Oc2ccc([N+](=O)[O-])cc2CBr)C(C)(C)O1. The number of nitrogens with zero attached hydrogens (tertiary/aromatic N) is 1. The van der Waals surface area contributed by atoms with E-state index in [2.05, 4.69) is 15.9 Å². The Morgan fingerprint density at radius 2 is 2.10 bits per heavy atom. The van der Waals surface area contributed by atoms with Gasteiger partial charge in [-0.2, -0.15) is 0 Å². The molecule has 1 heterocycles. The molecule has 1 aliphatic heterocycles. The Kier molecular flexibility index (Phi) is 4.31. The number of nitro benzene ring substituents is 1. The summed E-state index contributed by atoms with van der Waals surface area (Å²) in [6.07, 6.45) is 0.686. The molecule has 1 fully saturated rings. The molecule has 1 atom stereocenters. The molecule has 0 N–H and O–H groups in total. The zero-order chi connectivity index (χ0) is 15.8. The van der Waals surface area contributed by atoms with Crippen molar-refractivity contribution in [3.63, 3.8) is 0 Å². The summed E-state index contributed by atoms with van der Waals surface area (Å²) < 4.78 is 12.1. The minimum Gasteiger partial charge on any atom is -0.487 e. The Labute approximate surface area is 132 Å². The van der Waals surface area contributed by atoms with Gasteiger partial charge in [0.05, 0.1) is 10.5 Å². The van der Waals surface area contributed by atoms with Gasteiger partial charge in [-0.1, -0.05) is 15.9 Å². The van der Waals surface area contributed by atoms with E-state index in [9.17, 15) is 10.1 Å². The second kappa shape index (κ2) is 5.57. The van der Waals surface area contributed by atoms with Crippen LogP contribution in [0.15, 0.2) is 18.2 Å². The molecule has 116 valence electrons. The molecule has 1 unspecified atom stereocenters. The summed E-state index contributed by atoms with van der Waals surface area (Å²) in [6, 6.07) is 4.67. The standard InChI is InChI=1S/C15H20BrNO4/c1-14(2)8-13(15(3,4)21-14)20-12-6-5-11(17(18)19)7-10(12)9-16/h5-7,13H,8-9H2,1-4H3. The van der Waals surface area contributed by atoms with Crippen LogP contribution in [0.1, 0.15) is 39.7 Å². The van der Waals surface area contributed by atoms with Crippen LogP contribution in [0.2, 0.25) is 0 Å². The molecule has 0 saturated carbocycles. The highest BCUT2D eigenvalue weighted by atomic mass is 79.9. The summed E-state index contributed by atoms with van der Waals surface area (Å²) in [5.74, 6) is 0.664. The molecule has 1 aromatic rings. The lowest BCUT2D eigenvalue weighted by Crippen LogP contribution is -2.36. The van der Waals surface area contributed by atoms with Gasteiger partial charge < -0.3 is 9.47 Å². The van der Waals surface area contributed by atoms with Crippen LogP contribution >= 0.6 is 15.9 Å². The Hall–Kier alpha value is -1.14. The van der Waals surface area contributed by atoms with Gasteiger partial charge in [-0.3, -0.25) is 10.1 Å². The van der Waals surface area contributed by atoms with Crippen LogP contribution in [0.25, 0.3) is 0 Å². The maximum Gasteiger partial charge on any atom is 0.270 e. The minimum atomic E-state index is -0.401. The van der Waals surface area contributed by atoms with E-state index in [0.29, 0.717) is 11.1 Å². The average molecular weight is 358 g/mol. The number of ether oxygens (including phenoxy) is 2. The quantitative estimate of drug-likeness (QED) is 0.459. The van der Waals surface area contributed by atoms with Crippen LogP contribution in [0, 0.1) is 10.1 Å². The second-order valence-corrected chi connectivity index (χ2v) is 7.02. The van der Waals surface area contributed by atoms with E-state index >= 15 is 0 Å². The van der Waals surface area contributed by atoms with Gasteiger partial charge >= 0.3 is 0 Å². The maximum absolute atomic E-state index is 10.8. The zero-order valence-electron chi connectivity index (χ0n) is 12.7. The predicted molar refractivity (Wildman–Crippen MR) is 84.0 cm³/mol. The van der Waals surface area contributed by atoms with Gasteiger partial charge in [0, 0.05) is 29.4 Å². The summed E-state index contributed by atoms with van der Waals surface area (Å²) in [7, 11) is 0. The Morgan fingerprint density at radius 1 is 1.43 bits per heavy atom. The zero-order valence-corrected chi connectivity index (χ0v) is 14.3. The van der Waals surface area contributed by atoms with Gasteiger partial charge in [-0.25, -0.2) is 0 Å². The van der Waals surface area contributed by atoms with Gasteiger partial charge in [0.2, 0.25) is 0 Å². The molecule has 0 aromatic heterocycles. The molecular formula is C15H20BrNO4. The first kappa shape index (κ1) is 16.2. The van der Waals surface area contributed by atoms with Gasteiger partial charge in [0.15, 0.2) is 0 Å². The van der Waals surface area contributed by atoms with Crippen molar-refractivity contribution in [1.82, 2.24) is 0 Å². The Balaban J connectivity index is 2.25. The van der Waals surface area contributed by atoms with Crippen molar-refractivity contribution in [2.24, 2.45) is 0 Å². The maximum atomic E-state index is 10.8. The molecular weight excluding hydrogens is 338 g/mol. The van der Waals surface area contributed by atoms with E-state index in [1.54, 1.807) is 6.07 Å². The van der Waals surface area contributed by atoms with Crippen molar-refractivity contribution in [1.29, 1.82) is 0 Å². The van der Waals surface area contributed by atoms with Crippen molar-refractivity contribution in [3.05, 3.63) is 33.9 Å². The first-order valence-corrected chi connectivity index (χ1v) is 7.97. The fourth-order valence-corrected chi connectivity index (χ4v) is 3.19. The lowest BCUT2D eigenvalue weighted by molar-refractivity contribution is -0.384. The van der Waals surface area contributed by atoms with Crippen molar-refractivity contribution in [2.45, 2.75) is 56.8 Å². The molecule has 0 amide bonds. The second-order valence-electron chi connectivity index (χ2n) is 6.46. The Morgan fingerprint density at radius 3 is 2.57 bits per heavy atom. The van der Waals surface area contributed by atoms with E-state index in [0.717, 1.165) is 12.0 Å². The highest BCUT2D eigenvalue weighted by molar-refractivity contribution is 9.08. The van der Waals surface area contributed by atoms with Gasteiger partial charge in [0.1, 0.15) is 17.5 Å². The van der Waals surface area contributed by atoms with Crippen molar-refractivity contribution in [2.75, 3.05) is 0 Å². The van der Waals surface area contributed by atoms with Crippen LogP contribution in [-0.2, 0) is 10.1 Å². The molecule has 5 nitrogen and oxygen atoms in total. The van der Waals surface area contributed by atoms with Crippen LogP contribution < -0.4 is 4.74 Å². The third kappa shape index (κ3) is 3.55. The molecule has 1 saturated heterocycles. The molecule has 0 radical (unpaired) electrons. The van der Waals surface area contributed by atoms with Crippen molar-refractivity contribution in [3.8, 4) is 5.75 Å². The highest BCUT2D eigenvalue weighted by Crippen LogP contribution is 2.40. The normalized spacial score (nSPS) is 23.0. The molecule has 21 heavy (non-hydrogen) atoms. The first-order chi connectivity index (χ1) is 9.64. The summed E-state index contributed by atoms with van der Waals surface area (Å²) >= 11 is 3.36. The monoisotopic (exact) mass is 357 g/mol. The van der Waals surface area contributed by atoms with Crippen LogP contribution in [-0.4, -0.2) is 22.2 Å². The summed E-state index contributed by atoms with van der Waals surface area (Å²) in [5.41, 5.74) is 0.210. The lowest BCUT2D eigenvalue weighted by Gasteiger charge is -2.28. The number of benzene rings is 1. The molecule has 1 aromatic carbocycles. The highest BCUT2D eigenvalue weighted by Gasteiger charge is 2.47. The molecule has 2 rings (SSSR count). The molecule has 0 spiro atoms. The molecule has 0 bridgehead atoms. The summed E-state index contributed by atoms with van der Waals surface area (Å²) in [4.78, 5) is 10.4. The number of hydrogen-bond donors (Lipinski definition) is 0.